The van der Waals surface area contributed by atoms with Crippen molar-refractivity contribution in [3.05, 3.63) is 23.8 Å². The molecule has 0 heterocycles. The molecule has 2 nitrogen and oxygen atoms in total. The maximum absolute atomic E-state index is 11.2. The zero-order chi connectivity index (χ0) is 9.35. The first-order valence-electron chi connectivity index (χ1n) is 3.68. The molecule has 0 aliphatic rings. The Morgan fingerprint density at radius 1 is 1.33 bits per heavy atom. The molecular formula is C8H11BO2S. The Morgan fingerprint density at radius 2 is 1.92 bits per heavy atom. The third-order valence-electron chi connectivity index (χ3n) is 1.74. The second-order valence-corrected chi connectivity index (χ2v) is 5.03. The van der Waals surface area contributed by atoms with Crippen LogP contribution in [-0.2, 0) is 9.84 Å². The van der Waals surface area contributed by atoms with Gasteiger partial charge in [-0.15, -0.1) is 0 Å². The van der Waals surface area contributed by atoms with Gasteiger partial charge >= 0.3 is 0 Å². The lowest BCUT2D eigenvalue weighted by molar-refractivity contribution is 0.601. The van der Waals surface area contributed by atoms with Gasteiger partial charge in [0.25, 0.3) is 0 Å². The average Bonchev–Trinajstić information content (AvgIpc) is 1.92. The lowest BCUT2D eigenvalue weighted by Gasteiger charge is -2.03. The normalized spacial score (nSPS) is 11.5. The number of hydrogen-bond acceptors (Lipinski definition) is 2. The molecule has 0 spiro atoms. The van der Waals surface area contributed by atoms with Crippen molar-refractivity contribution in [3.8, 4) is 0 Å². The minimum absolute atomic E-state index is 0.433. The Bertz CT molecular complexity index is 396. The van der Waals surface area contributed by atoms with Crippen LogP contribution in [0.2, 0.25) is 0 Å². The van der Waals surface area contributed by atoms with E-state index in [4.69, 9.17) is 0 Å². The smallest absolute Gasteiger partial charge is 0.175 e. The molecule has 1 aromatic carbocycles. The topological polar surface area (TPSA) is 34.1 Å². The molecule has 1 rings (SSSR count). The molecule has 12 heavy (non-hydrogen) atoms. The van der Waals surface area contributed by atoms with Gasteiger partial charge in [-0.1, -0.05) is 17.6 Å². The number of sulfone groups is 1. The van der Waals surface area contributed by atoms with E-state index >= 15 is 0 Å². The molecule has 0 aliphatic heterocycles. The van der Waals surface area contributed by atoms with Gasteiger partial charge in [0, 0.05) is 6.26 Å². The van der Waals surface area contributed by atoms with E-state index in [-0.39, 0.29) is 0 Å². The van der Waals surface area contributed by atoms with E-state index in [1.165, 1.54) is 6.26 Å². The minimum atomic E-state index is -3.06. The van der Waals surface area contributed by atoms with Crippen molar-refractivity contribution in [2.24, 2.45) is 0 Å². The van der Waals surface area contributed by atoms with E-state index in [0.29, 0.717) is 4.90 Å². The van der Waals surface area contributed by atoms with E-state index in [9.17, 15) is 8.42 Å². The highest BCUT2D eigenvalue weighted by Gasteiger charge is 2.09. The summed E-state index contributed by atoms with van der Waals surface area (Å²) in [5.74, 6) is 0. The zero-order valence-corrected chi connectivity index (χ0v) is 8.27. The van der Waals surface area contributed by atoms with Crippen molar-refractivity contribution in [2.75, 3.05) is 6.26 Å². The van der Waals surface area contributed by atoms with Crippen molar-refractivity contribution >= 4 is 23.1 Å². The summed E-state index contributed by atoms with van der Waals surface area (Å²) in [7, 11) is -1.17. The highest BCUT2D eigenvalue weighted by atomic mass is 32.2. The Labute approximate surface area is 73.9 Å². The lowest BCUT2D eigenvalue weighted by Crippen LogP contribution is -2.08. The maximum atomic E-state index is 11.2. The predicted octanol–water partition coefficient (Wildman–Crippen LogP) is -0.343. The number of hydrogen-bond donors (Lipinski definition) is 0. The molecule has 0 aromatic heterocycles. The van der Waals surface area contributed by atoms with Gasteiger partial charge in [0.1, 0.15) is 7.85 Å². The summed E-state index contributed by atoms with van der Waals surface area (Å²) in [6.45, 7) is 1.80. The molecule has 0 radical (unpaired) electrons. The first-order valence-corrected chi connectivity index (χ1v) is 5.58. The number of aryl methyl sites for hydroxylation is 1. The largest absolute Gasteiger partial charge is 0.224 e. The van der Waals surface area contributed by atoms with Gasteiger partial charge < -0.3 is 0 Å². The van der Waals surface area contributed by atoms with Gasteiger partial charge in [-0.2, -0.15) is 0 Å². The average molecular weight is 182 g/mol. The summed E-state index contributed by atoms with van der Waals surface area (Å²) in [6.07, 6.45) is 1.23. The van der Waals surface area contributed by atoms with E-state index in [0.717, 1.165) is 11.0 Å². The Hall–Kier alpha value is -0.765. The van der Waals surface area contributed by atoms with E-state index in [1.54, 1.807) is 13.0 Å². The van der Waals surface area contributed by atoms with Gasteiger partial charge in [-0.25, -0.2) is 8.42 Å². The van der Waals surface area contributed by atoms with Gasteiger partial charge in [-0.3, -0.25) is 0 Å². The van der Waals surface area contributed by atoms with Crippen molar-refractivity contribution in [1.29, 1.82) is 0 Å². The Kier molecular flexibility index (Phi) is 2.28. The molecule has 0 fully saturated rings. The van der Waals surface area contributed by atoms with Crippen LogP contribution in [0.5, 0.6) is 0 Å². The standard InChI is InChI=1S/C8H11BO2S/c1-6-3-4-7(9)5-8(6)12(2,10)11/h3-5H,9H2,1-2H3. The third kappa shape index (κ3) is 1.88. The molecule has 0 saturated carbocycles. The summed E-state index contributed by atoms with van der Waals surface area (Å²) in [5, 5.41) is 0. The van der Waals surface area contributed by atoms with Crippen LogP contribution in [0.3, 0.4) is 0 Å². The van der Waals surface area contributed by atoms with Crippen LogP contribution in [0.15, 0.2) is 23.1 Å². The molecule has 0 atom stereocenters. The first kappa shape index (κ1) is 9.32. The molecule has 0 saturated heterocycles. The maximum Gasteiger partial charge on any atom is 0.175 e. The second-order valence-electron chi connectivity index (χ2n) is 3.04. The molecule has 64 valence electrons. The SMILES string of the molecule is Bc1ccc(C)c(S(C)(=O)=O)c1. The van der Waals surface area contributed by atoms with Crippen LogP contribution in [-0.4, -0.2) is 22.5 Å². The fourth-order valence-electron chi connectivity index (χ4n) is 1.11. The highest BCUT2D eigenvalue weighted by Crippen LogP contribution is 2.11. The Morgan fingerprint density at radius 3 is 2.33 bits per heavy atom. The zero-order valence-electron chi connectivity index (χ0n) is 7.46. The van der Waals surface area contributed by atoms with E-state index in [2.05, 4.69) is 0 Å². The highest BCUT2D eigenvalue weighted by molar-refractivity contribution is 7.90. The minimum Gasteiger partial charge on any atom is -0.224 e. The summed E-state index contributed by atoms with van der Waals surface area (Å²) >= 11 is 0. The van der Waals surface area contributed by atoms with Crippen molar-refractivity contribution in [1.82, 2.24) is 0 Å². The molecule has 1 aromatic rings. The number of benzene rings is 1. The van der Waals surface area contributed by atoms with Gasteiger partial charge in [0.15, 0.2) is 9.84 Å². The van der Waals surface area contributed by atoms with Crippen molar-refractivity contribution in [2.45, 2.75) is 11.8 Å². The van der Waals surface area contributed by atoms with Crippen LogP contribution >= 0.6 is 0 Å². The summed E-state index contributed by atoms with van der Waals surface area (Å²) in [6, 6.07) is 5.43. The summed E-state index contributed by atoms with van der Waals surface area (Å²) in [5.41, 5.74) is 1.78. The first-order chi connectivity index (χ1) is 5.41. The van der Waals surface area contributed by atoms with Gasteiger partial charge in [0.2, 0.25) is 0 Å². The van der Waals surface area contributed by atoms with Gasteiger partial charge in [-0.05, 0) is 18.6 Å². The summed E-state index contributed by atoms with van der Waals surface area (Å²) < 4.78 is 22.4. The van der Waals surface area contributed by atoms with Crippen molar-refractivity contribution in [3.63, 3.8) is 0 Å². The molecule has 0 amide bonds. The summed E-state index contributed by atoms with van der Waals surface area (Å²) in [4.78, 5) is 0.433. The van der Waals surface area contributed by atoms with Crippen LogP contribution in [0.25, 0.3) is 0 Å². The molecule has 4 heteroatoms. The van der Waals surface area contributed by atoms with Crippen LogP contribution < -0.4 is 5.46 Å². The fraction of sp³-hybridized carbons (Fsp3) is 0.250. The quantitative estimate of drug-likeness (QED) is 0.556. The molecule has 0 bridgehead atoms. The lowest BCUT2D eigenvalue weighted by atomic mass is 9.95. The Balaban J connectivity index is 3.43. The molecule has 0 unspecified atom stereocenters. The molecule has 0 N–H and O–H groups in total. The monoisotopic (exact) mass is 182 g/mol. The number of rotatable bonds is 1. The molecular weight excluding hydrogens is 171 g/mol. The third-order valence-corrected chi connectivity index (χ3v) is 2.98. The predicted molar refractivity (Wildman–Crippen MR) is 52.5 cm³/mol. The van der Waals surface area contributed by atoms with E-state index in [1.807, 2.05) is 20.0 Å². The van der Waals surface area contributed by atoms with Crippen molar-refractivity contribution < 1.29 is 8.42 Å². The van der Waals surface area contributed by atoms with E-state index < -0.39 is 9.84 Å². The van der Waals surface area contributed by atoms with Crippen LogP contribution in [0, 0.1) is 6.92 Å². The fourth-order valence-corrected chi connectivity index (χ4v) is 2.16. The van der Waals surface area contributed by atoms with Crippen LogP contribution in [0.4, 0.5) is 0 Å². The van der Waals surface area contributed by atoms with Gasteiger partial charge in [0.05, 0.1) is 4.90 Å². The van der Waals surface area contributed by atoms with Crippen LogP contribution in [0.1, 0.15) is 5.56 Å². The second kappa shape index (κ2) is 2.94. The molecule has 0 aliphatic carbocycles.